The minimum Gasteiger partial charge on any atom is -0.485 e. The summed E-state index contributed by atoms with van der Waals surface area (Å²) >= 11 is 1.51. The molecule has 4 rings (SSSR count). The highest BCUT2D eigenvalue weighted by Crippen LogP contribution is 2.48. The van der Waals surface area contributed by atoms with Gasteiger partial charge in [-0.1, -0.05) is 11.9 Å². The van der Waals surface area contributed by atoms with Crippen LogP contribution in [0, 0.1) is 5.82 Å². The quantitative estimate of drug-likeness (QED) is 0.619. The Hall–Kier alpha value is -2.71. The lowest BCUT2D eigenvalue weighted by Crippen LogP contribution is -2.19. The molecule has 2 aromatic carbocycles. The number of aliphatic hydroxyl groups excluding tert-OH is 1. The van der Waals surface area contributed by atoms with Crippen LogP contribution in [0.15, 0.2) is 34.7 Å². The normalized spacial score (nSPS) is 15.3. The van der Waals surface area contributed by atoms with Crippen LogP contribution in [0.3, 0.4) is 0 Å². The molecule has 2 heterocycles. The first kappa shape index (κ1) is 19.6. The maximum atomic E-state index is 13.4. The van der Waals surface area contributed by atoms with E-state index in [1.165, 1.54) is 24.1 Å². The number of carbonyl (C=O) groups excluding carboxylic acids is 1. The monoisotopic (exact) mass is 416 g/mol. The summed E-state index contributed by atoms with van der Waals surface area (Å²) in [5, 5.41) is 13.0. The molecule has 1 aliphatic heterocycles. The van der Waals surface area contributed by atoms with Gasteiger partial charge in [-0.3, -0.25) is 4.79 Å². The molecule has 0 radical (unpaired) electrons. The van der Waals surface area contributed by atoms with Crippen LogP contribution in [0.4, 0.5) is 10.1 Å². The Kier molecular flexibility index (Phi) is 5.14. The van der Waals surface area contributed by atoms with Crippen molar-refractivity contribution in [2.24, 2.45) is 0 Å². The highest BCUT2D eigenvalue weighted by molar-refractivity contribution is 7.99. The van der Waals surface area contributed by atoms with Gasteiger partial charge in [-0.15, -0.1) is 0 Å². The second-order valence-electron chi connectivity index (χ2n) is 6.78. The molecule has 1 atom stereocenters. The number of benzene rings is 2. The average Bonchev–Trinajstić information content (AvgIpc) is 3.33. The molecule has 0 spiro atoms. The summed E-state index contributed by atoms with van der Waals surface area (Å²) in [5.41, 5.74) is 3.16. The highest BCUT2D eigenvalue weighted by Gasteiger charge is 2.34. The maximum absolute atomic E-state index is 13.4. The Labute approximate surface area is 171 Å². The number of hydrogen-bond donors (Lipinski definition) is 2. The van der Waals surface area contributed by atoms with Gasteiger partial charge in [0.1, 0.15) is 29.0 Å². The molecule has 1 amide bonds. The molecule has 0 bridgehead atoms. The summed E-state index contributed by atoms with van der Waals surface area (Å²) in [6.07, 6.45) is 2.02. The number of anilines is 1. The lowest BCUT2D eigenvalue weighted by atomic mass is 9.98. The lowest BCUT2D eigenvalue weighted by Gasteiger charge is -2.19. The van der Waals surface area contributed by atoms with Gasteiger partial charge in [0.25, 0.3) is 5.91 Å². The Balaban J connectivity index is 2.04. The second kappa shape index (κ2) is 7.61. The Bertz CT molecular complexity index is 1080. The standard InChI is InChI=1S/C21H21FN2O4S/c1-23-21(26)18-17-14-8-13(10-25)27-20(14)15(24(2)29-3)9-16(17)28-19(18)11-4-6-12(22)7-5-11/h4-7,9,13,25H,8,10H2,1-3H3,(H,23,26). The number of amides is 1. The van der Waals surface area contributed by atoms with Crippen molar-refractivity contribution in [3.63, 3.8) is 0 Å². The van der Waals surface area contributed by atoms with E-state index in [4.69, 9.17) is 9.15 Å². The van der Waals surface area contributed by atoms with Crippen molar-refractivity contribution >= 4 is 34.5 Å². The average molecular weight is 416 g/mol. The Morgan fingerprint density at radius 3 is 2.72 bits per heavy atom. The summed E-state index contributed by atoms with van der Waals surface area (Å²) < 4.78 is 27.5. The molecule has 0 fully saturated rings. The van der Waals surface area contributed by atoms with E-state index in [0.717, 1.165) is 11.3 Å². The van der Waals surface area contributed by atoms with Crippen LogP contribution in [0.25, 0.3) is 22.3 Å². The van der Waals surface area contributed by atoms with Gasteiger partial charge in [-0.25, -0.2) is 4.39 Å². The van der Waals surface area contributed by atoms with Crippen molar-refractivity contribution in [3.05, 3.63) is 47.3 Å². The summed E-state index contributed by atoms with van der Waals surface area (Å²) in [5.74, 6) is 0.349. The highest BCUT2D eigenvalue weighted by atomic mass is 32.2. The molecule has 6 nitrogen and oxygen atoms in total. The van der Waals surface area contributed by atoms with Gasteiger partial charge in [-0.05, 0) is 24.3 Å². The predicted molar refractivity (Wildman–Crippen MR) is 112 cm³/mol. The number of nitrogens with one attached hydrogen (secondary N) is 1. The minimum absolute atomic E-state index is 0.128. The van der Waals surface area contributed by atoms with E-state index in [2.05, 4.69) is 5.32 Å². The minimum atomic E-state index is -0.383. The lowest BCUT2D eigenvalue weighted by molar-refractivity contribution is 0.0964. The van der Waals surface area contributed by atoms with E-state index in [1.54, 1.807) is 19.2 Å². The molecule has 1 aromatic heterocycles. The number of halogens is 1. The summed E-state index contributed by atoms with van der Waals surface area (Å²) in [6, 6.07) is 7.67. The molecule has 1 unspecified atom stereocenters. The van der Waals surface area contributed by atoms with E-state index in [-0.39, 0.29) is 24.4 Å². The Morgan fingerprint density at radius 2 is 2.10 bits per heavy atom. The fourth-order valence-corrected chi connectivity index (χ4v) is 3.98. The number of hydrogen-bond acceptors (Lipinski definition) is 6. The third kappa shape index (κ3) is 3.22. The SMILES string of the molecule is CNC(=O)c1c(-c2ccc(F)cc2)oc2cc(N(C)SC)c3c(c12)CC(CO)O3. The van der Waals surface area contributed by atoms with Gasteiger partial charge in [-0.2, -0.15) is 0 Å². The van der Waals surface area contributed by atoms with E-state index >= 15 is 0 Å². The van der Waals surface area contributed by atoms with Crippen LogP contribution in [0.5, 0.6) is 5.75 Å². The van der Waals surface area contributed by atoms with Crippen LogP contribution < -0.4 is 14.4 Å². The number of nitrogens with zero attached hydrogens (tertiary/aromatic N) is 1. The molecule has 0 saturated heterocycles. The Morgan fingerprint density at radius 1 is 1.38 bits per heavy atom. The van der Waals surface area contributed by atoms with Crippen molar-refractivity contribution in [1.82, 2.24) is 5.32 Å². The molecule has 0 saturated carbocycles. The molecule has 152 valence electrons. The first-order valence-corrected chi connectivity index (χ1v) is 10.3. The number of fused-ring (bicyclic) bond motifs is 3. The predicted octanol–water partition coefficient (Wildman–Crippen LogP) is 3.61. The van der Waals surface area contributed by atoms with E-state index in [0.29, 0.717) is 40.0 Å². The smallest absolute Gasteiger partial charge is 0.255 e. The van der Waals surface area contributed by atoms with Crippen LogP contribution in [-0.4, -0.2) is 44.1 Å². The number of furan rings is 1. The molecule has 3 aromatic rings. The third-order valence-corrected chi connectivity index (χ3v) is 5.85. The molecule has 29 heavy (non-hydrogen) atoms. The van der Waals surface area contributed by atoms with E-state index < -0.39 is 0 Å². The fraction of sp³-hybridized carbons (Fsp3) is 0.286. The summed E-state index contributed by atoms with van der Waals surface area (Å²) in [7, 11) is 3.46. The molecule has 2 N–H and O–H groups in total. The van der Waals surface area contributed by atoms with Gasteiger partial charge in [0.15, 0.2) is 0 Å². The van der Waals surface area contributed by atoms with Crippen LogP contribution in [0.1, 0.15) is 15.9 Å². The molecular formula is C21H21FN2O4S. The number of rotatable bonds is 5. The van der Waals surface area contributed by atoms with E-state index in [1.807, 2.05) is 23.7 Å². The topological polar surface area (TPSA) is 74.9 Å². The first-order chi connectivity index (χ1) is 14.0. The van der Waals surface area contributed by atoms with Gasteiger partial charge in [0.05, 0.1) is 17.9 Å². The third-order valence-electron chi connectivity index (χ3n) is 5.11. The van der Waals surface area contributed by atoms with Gasteiger partial charge >= 0.3 is 0 Å². The van der Waals surface area contributed by atoms with Gasteiger partial charge < -0.3 is 23.9 Å². The van der Waals surface area contributed by atoms with Crippen molar-refractivity contribution < 1.29 is 23.4 Å². The van der Waals surface area contributed by atoms with Crippen LogP contribution >= 0.6 is 11.9 Å². The van der Waals surface area contributed by atoms with Gasteiger partial charge in [0.2, 0.25) is 0 Å². The first-order valence-electron chi connectivity index (χ1n) is 9.14. The molecule has 0 aliphatic carbocycles. The van der Waals surface area contributed by atoms with Crippen molar-refractivity contribution in [3.8, 4) is 17.1 Å². The second-order valence-corrected chi connectivity index (χ2v) is 7.69. The number of carbonyl (C=O) groups is 1. The molecular weight excluding hydrogens is 395 g/mol. The zero-order valence-corrected chi connectivity index (χ0v) is 17.1. The summed E-state index contributed by atoms with van der Waals surface area (Å²) in [4.78, 5) is 12.8. The maximum Gasteiger partial charge on any atom is 0.255 e. The van der Waals surface area contributed by atoms with E-state index in [9.17, 15) is 14.3 Å². The molecule has 8 heteroatoms. The van der Waals surface area contributed by atoms with Crippen molar-refractivity contribution in [2.45, 2.75) is 12.5 Å². The number of aliphatic hydroxyl groups is 1. The van der Waals surface area contributed by atoms with Crippen molar-refractivity contribution in [1.29, 1.82) is 0 Å². The fourth-order valence-electron chi connectivity index (χ4n) is 3.65. The zero-order chi connectivity index (χ0) is 20.7. The van der Waals surface area contributed by atoms with Crippen molar-refractivity contribution in [2.75, 3.05) is 31.3 Å². The van der Waals surface area contributed by atoms with Crippen LogP contribution in [0.2, 0.25) is 0 Å². The van der Waals surface area contributed by atoms with Gasteiger partial charge in [0, 0.05) is 49.4 Å². The number of ether oxygens (including phenoxy) is 1. The summed E-state index contributed by atoms with van der Waals surface area (Å²) in [6.45, 7) is -0.128. The zero-order valence-electron chi connectivity index (χ0n) is 16.3. The largest absolute Gasteiger partial charge is 0.485 e. The molecule has 1 aliphatic rings. The van der Waals surface area contributed by atoms with Crippen LogP contribution in [-0.2, 0) is 6.42 Å².